The van der Waals surface area contributed by atoms with Crippen molar-refractivity contribution in [3.63, 3.8) is 0 Å². The van der Waals surface area contributed by atoms with Gasteiger partial charge in [0, 0.05) is 18.8 Å². The van der Waals surface area contributed by atoms with Crippen LogP contribution in [0.1, 0.15) is 31.2 Å². The van der Waals surface area contributed by atoms with Crippen LogP contribution in [0.4, 0.5) is 0 Å². The van der Waals surface area contributed by atoms with E-state index < -0.39 is 0 Å². The second-order valence-electron chi connectivity index (χ2n) is 3.92. The minimum Gasteiger partial charge on any atom is -0.376 e. The molecular weight excluding hydrogens is 188 g/mol. The van der Waals surface area contributed by atoms with E-state index in [-0.39, 0.29) is 0 Å². The third-order valence-electron chi connectivity index (χ3n) is 2.96. The molecule has 0 amide bonds. The van der Waals surface area contributed by atoms with Crippen molar-refractivity contribution in [2.75, 3.05) is 6.61 Å². The molecule has 3 nitrogen and oxygen atoms in total. The zero-order chi connectivity index (χ0) is 10.7. The molecule has 80 valence electrons. The quantitative estimate of drug-likeness (QED) is 0.756. The van der Waals surface area contributed by atoms with E-state index in [1.54, 1.807) is 0 Å². The molecule has 3 heteroatoms. The lowest BCUT2D eigenvalue weighted by Gasteiger charge is -2.14. The second kappa shape index (κ2) is 4.50. The zero-order valence-corrected chi connectivity index (χ0v) is 9.07. The van der Waals surface area contributed by atoms with E-state index in [0.717, 1.165) is 38.1 Å². The minimum absolute atomic E-state index is 0.301. The fourth-order valence-electron chi connectivity index (χ4n) is 2.12. The Labute approximate surface area is 90.3 Å². The van der Waals surface area contributed by atoms with Gasteiger partial charge in [-0.05, 0) is 31.4 Å². The number of rotatable bonds is 3. The molecule has 0 bridgehead atoms. The van der Waals surface area contributed by atoms with Crippen LogP contribution in [0.5, 0.6) is 0 Å². The largest absolute Gasteiger partial charge is 0.376 e. The van der Waals surface area contributed by atoms with Crippen molar-refractivity contribution < 1.29 is 4.74 Å². The van der Waals surface area contributed by atoms with Gasteiger partial charge in [0.1, 0.15) is 11.8 Å². The Balaban J connectivity index is 2.17. The summed E-state index contributed by atoms with van der Waals surface area (Å²) in [4.78, 5) is 0. The highest BCUT2D eigenvalue weighted by Crippen LogP contribution is 2.17. The van der Waals surface area contributed by atoms with Gasteiger partial charge in [0.15, 0.2) is 0 Å². The Morgan fingerprint density at radius 1 is 1.60 bits per heavy atom. The average molecular weight is 204 g/mol. The minimum atomic E-state index is 0.301. The molecule has 1 aromatic heterocycles. The Bertz CT molecular complexity index is 369. The van der Waals surface area contributed by atoms with Gasteiger partial charge in [-0.1, -0.05) is 6.92 Å². The highest BCUT2D eigenvalue weighted by atomic mass is 16.5. The van der Waals surface area contributed by atoms with Crippen LogP contribution < -0.4 is 0 Å². The third-order valence-corrected chi connectivity index (χ3v) is 2.96. The summed E-state index contributed by atoms with van der Waals surface area (Å²) in [7, 11) is 0. The normalized spacial score (nSPS) is 20.4. The standard InChI is InChI=1S/C12H16N2O/c1-2-10-5-6-11(8-13)14(10)9-12-4-3-7-15-12/h5-6,12H,2-4,7,9H2,1H3. The molecule has 2 rings (SSSR count). The molecule has 15 heavy (non-hydrogen) atoms. The van der Waals surface area contributed by atoms with Gasteiger partial charge >= 0.3 is 0 Å². The summed E-state index contributed by atoms with van der Waals surface area (Å²) in [5.41, 5.74) is 1.98. The predicted octanol–water partition coefficient (Wildman–Crippen LogP) is 2.10. The third kappa shape index (κ3) is 2.05. The lowest BCUT2D eigenvalue weighted by molar-refractivity contribution is 0.0963. The Morgan fingerprint density at radius 2 is 2.47 bits per heavy atom. The fourth-order valence-corrected chi connectivity index (χ4v) is 2.12. The smallest absolute Gasteiger partial charge is 0.120 e. The van der Waals surface area contributed by atoms with Crippen molar-refractivity contribution in [1.29, 1.82) is 5.26 Å². The molecule has 1 aliphatic rings. The summed E-state index contributed by atoms with van der Waals surface area (Å²) in [5.74, 6) is 0. The molecule has 0 N–H and O–H groups in total. The molecule has 0 saturated carbocycles. The predicted molar refractivity (Wildman–Crippen MR) is 57.5 cm³/mol. The zero-order valence-electron chi connectivity index (χ0n) is 9.07. The summed E-state index contributed by atoms with van der Waals surface area (Å²) in [6, 6.07) is 6.16. The van der Waals surface area contributed by atoms with E-state index in [9.17, 15) is 0 Å². The van der Waals surface area contributed by atoms with Crippen LogP contribution in [-0.4, -0.2) is 17.3 Å². The Hall–Kier alpha value is -1.27. The molecular formula is C12H16N2O. The number of aryl methyl sites for hydroxylation is 1. The van der Waals surface area contributed by atoms with E-state index in [2.05, 4.69) is 17.6 Å². The van der Waals surface area contributed by atoms with Crippen molar-refractivity contribution in [2.45, 2.75) is 38.8 Å². The number of hydrogen-bond donors (Lipinski definition) is 0. The number of aromatic nitrogens is 1. The van der Waals surface area contributed by atoms with Crippen LogP contribution in [-0.2, 0) is 17.7 Å². The summed E-state index contributed by atoms with van der Waals surface area (Å²) in [6.45, 7) is 3.82. The van der Waals surface area contributed by atoms with Crippen LogP contribution in [0, 0.1) is 11.3 Å². The molecule has 0 aliphatic carbocycles. The van der Waals surface area contributed by atoms with Crippen LogP contribution in [0.25, 0.3) is 0 Å². The number of nitriles is 1. The first kappa shape index (κ1) is 10.3. The Morgan fingerprint density at radius 3 is 3.07 bits per heavy atom. The lowest BCUT2D eigenvalue weighted by atomic mass is 10.2. The van der Waals surface area contributed by atoms with Gasteiger partial charge in [-0.25, -0.2) is 0 Å². The summed E-state index contributed by atoms with van der Waals surface area (Å²) in [5, 5.41) is 8.99. The highest BCUT2D eigenvalue weighted by molar-refractivity contribution is 5.27. The van der Waals surface area contributed by atoms with Crippen LogP contribution in [0.15, 0.2) is 12.1 Å². The lowest BCUT2D eigenvalue weighted by Crippen LogP contribution is -2.17. The van der Waals surface area contributed by atoms with Gasteiger partial charge in [-0.15, -0.1) is 0 Å². The number of hydrogen-bond acceptors (Lipinski definition) is 2. The van der Waals surface area contributed by atoms with Gasteiger partial charge in [0.2, 0.25) is 0 Å². The van der Waals surface area contributed by atoms with E-state index in [0.29, 0.717) is 6.10 Å². The van der Waals surface area contributed by atoms with Crippen molar-refractivity contribution in [2.24, 2.45) is 0 Å². The summed E-state index contributed by atoms with van der Waals surface area (Å²) >= 11 is 0. The maximum Gasteiger partial charge on any atom is 0.120 e. The topological polar surface area (TPSA) is 38.0 Å². The average Bonchev–Trinajstić information content (AvgIpc) is 2.87. The van der Waals surface area contributed by atoms with E-state index in [1.807, 2.05) is 12.1 Å². The second-order valence-corrected chi connectivity index (χ2v) is 3.92. The number of nitrogens with zero attached hydrogens (tertiary/aromatic N) is 2. The fraction of sp³-hybridized carbons (Fsp3) is 0.583. The highest BCUT2D eigenvalue weighted by Gasteiger charge is 2.18. The van der Waals surface area contributed by atoms with Gasteiger partial charge in [-0.2, -0.15) is 5.26 Å². The first-order valence-corrected chi connectivity index (χ1v) is 5.55. The molecule has 1 fully saturated rings. The van der Waals surface area contributed by atoms with E-state index in [4.69, 9.17) is 10.00 Å². The van der Waals surface area contributed by atoms with Crippen molar-refractivity contribution in [3.05, 3.63) is 23.5 Å². The Kier molecular flexibility index (Phi) is 3.08. The molecule has 1 unspecified atom stereocenters. The van der Waals surface area contributed by atoms with E-state index in [1.165, 1.54) is 5.69 Å². The molecule has 2 heterocycles. The van der Waals surface area contributed by atoms with Crippen LogP contribution in [0.3, 0.4) is 0 Å². The summed E-state index contributed by atoms with van der Waals surface area (Å²) < 4.78 is 7.69. The molecule has 1 aliphatic heterocycles. The van der Waals surface area contributed by atoms with Crippen molar-refractivity contribution in [1.82, 2.24) is 4.57 Å². The van der Waals surface area contributed by atoms with Gasteiger partial charge < -0.3 is 9.30 Å². The van der Waals surface area contributed by atoms with Gasteiger partial charge in [-0.3, -0.25) is 0 Å². The molecule has 1 saturated heterocycles. The van der Waals surface area contributed by atoms with Gasteiger partial charge in [0.25, 0.3) is 0 Å². The van der Waals surface area contributed by atoms with Gasteiger partial charge in [0.05, 0.1) is 6.10 Å². The SMILES string of the molecule is CCc1ccc(C#N)n1CC1CCCO1. The maximum absolute atomic E-state index is 8.99. The van der Waals surface area contributed by atoms with Crippen LogP contribution in [0.2, 0.25) is 0 Å². The number of ether oxygens (including phenoxy) is 1. The summed E-state index contributed by atoms with van der Waals surface area (Å²) in [6.07, 6.45) is 3.53. The maximum atomic E-state index is 8.99. The first-order chi connectivity index (χ1) is 7.35. The molecule has 0 spiro atoms. The monoisotopic (exact) mass is 204 g/mol. The molecule has 0 aromatic carbocycles. The van der Waals surface area contributed by atoms with E-state index >= 15 is 0 Å². The molecule has 1 aromatic rings. The first-order valence-electron chi connectivity index (χ1n) is 5.55. The van der Waals surface area contributed by atoms with Crippen LogP contribution >= 0.6 is 0 Å². The molecule has 1 atom stereocenters. The van der Waals surface area contributed by atoms with Crippen molar-refractivity contribution in [3.8, 4) is 6.07 Å². The molecule has 0 radical (unpaired) electrons. The van der Waals surface area contributed by atoms with Crippen molar-refractivity contribution >= 4 is 0 Å².